The highest BCUT2D eigenvalue weighted by Crippen LogP contribution is 2.34. The molecule has 0 aliphatic heterocycles. The van der Waals surface area contributed by atoms with Gasteiger partial charge in [0.15, 0.2) is 0 Å². The van der Waals surface area contributed by atoms with E-state index in [-0.39, 0.29) is 5.56 Å². The van der Waals surface area contributed by atoms with Crippen LogP contribution in [0.4, 0.5) is 18.9 Å². The number of hydrogen-bond acceptors (Lipinski definition) is 3. The lowest BCUT2D eigenvalue weighted by Crippen LogP contribution is -2.15. The molecule has 0 saturated carbocycles. The largest absolute Gasteiger partial charge is 0.494 e. The van der Waals surface area contributed by atoms with Crippen molar-refractivity contribution in [2.75, 3.05) is 11.9 Å². The van der Waals surface area contributed by atoms with Crippen molar-refractivity contribution in [2.45, 2.75) is 32.9 Å². The number of aryl methyl sites for hydroxylation is 3. The molecular weight excluding hydrogens is 539 g/mol. The average molecular weight is 570 g/mol. The lowest BCUT2D eigenvalue weighted by atomic mass is 9.96. The molecular formula is C34H30F3N3O2. The topological polar surface area (TPSA) is 56.1 Å². The number of hydrogen-bond donors (Lipinski definition) is 1. The van der Waals surface area contributed by atoms with Crippen LogP contribution in [0.1, 0.15) is 39.4 Å². The van der Waals surface area contributed by atoms with Gasteiger partial charge in [-0.15, -0.1) is 0 Å². The number of pyridine rings is 1. The van der Waals surface area contributed by atoms with E-state index in [2.05, 4.69) is 35.9 Å². The molecule has 0 atom stereocenters. The van der Waals surface area contributed by atoms with Crippen LogP contribution in [0.25, 0.3) is 16.9 Å². The third-order valence-corrected chi connectivity index (χ3v) is 6.93. The second kappa shape index (κ2) is 12.3. The summed E-state index contributed by atoms with van der Waals surface area (Å²) in [4.78, 5) is 17.9. The molecule has 2 aromatic heterocycles. The Kier molecular flexibility index (Phi) is 8.43. The number of carbonyl (C=O) groups excluding carboxylic acids is 1. The number of amides is 1. The van der Waals surface area contributed by atoms with Gasteiger partial charge in [-0.1, -0.05) is 42.5 Å². The summed E-state index contributed by atoms with van der Waals surface area (Å²) in [5.74, 6) is 0.887. The number of carbonyl (C=O) groups is 1. The van der Waals surface area contributed by atoms with E-state index < -0.39 is 17.6 Å². The minimum atomic E-state index is -4.57. The first kappa shape index (κ1) is 28.7. The number of nitrogens with zero attached hydrogens (tertiary/aromatic N) is 2. The summed E-state index contributed by atoms with van der Waals surface area (Å²) in [5, 5.41) is 2.72. The van der Waals surface area contributed by atoms with Gasteiger partial charge in [0.1, 0.15) is 11.6 Å². The third kappa shape index (κ3) is 6.71. The molecule has 0 fully saturated rings. The van der Waals surface area contributed by atoms with Crippen LogP contribution in [0.2, 0.25) is 0 Å². The molecule has 5 rings (SSSR count). The standard InChI is InChI=1S/C34H30F3N3O2/c1-23-13-14-24(2)40(23)32-12-6-10-27(38-32)11-7-21-42-29-18-16-28(17-19-29)39-33(41)31-22-26(34(35,36)37)15-20-30(31)25-8-4-3-5-9-25/h3-6,8-10,12-20,22H,7,11,21H2,1-2H3,(H,39,41). The molecule has 0 aliphatic rings. The molecule has 5 aromatic rings. The Balaban J connectivity index is 1.20. The van der Waals surface area contributed by atoms with Gasteiger partial charge in [-0.2, -0.15) is 13.2 Å². The zero-order valence-electron chi connectivity index (χ0n) is 23.3. The lowest BCUT2D eigenvalue weighted by Gasteiger charge is -2.14. The maximum absolute atomic E-state index is 13.4. The van der Waals surface area contributed by atoms with Crippen molar-refractivity contribution < 1.29 is 22.7 Å². The van der Waals surface area contributed by atoms with Gasteiger partial charge in [0.25, 0.3) is 5.91 Å². The molecule has 0 aliphatic carbocycles. The zero-order valence-corrected chi connectivity index (χ0v) is 23.3. The molecule has 42 heavy (non-hydrogen) atoms. The fourth-order valence-corrected chi connectivity index (χ4v) is 4.81. The number of benzene rings is 3. The smallest absolute Gasteiger partial charge is 0.416 e. The van der Waals surface area contributed by atoms with E-state index in [4.69, 9.17) is 9.72 Å². The summed E-state index contributed by atoms with van der Waals surface area (Å²) in [6, 6.07) is 29.0. The zero-order chi connectivity index (χ0) is 29.7. The van der Waals surface area contributed by atoms with Crippen molar-refractivity contribution in [3.8, 4) is 22.7 Å². The van der Waals surface area contributed by atoms with E-state index in [1.54, 1.807) is 54.6 Å². The van der Waals surface area contributed by atoms with Gasteiger partial charge in [0, 0.05) is 28.3 Å². The number of alkyl halides is 3. The minimum absolute atomic E-state index is 0.0591. The highest BCUT2D eigenvalue weighted by atomic mass is 19.4. The number of anilines is 1. The van der Waals surface area contributed by atoms with Gasteiger partial charge in [0.2, 0.25) is 0 Å². The number of nitrogens with one attached hydrogen (secondary N) is 1. The van der Waals surface area contributed by atoms with Crippen molar-refractivity contribution in [2.24, 2.45) is 0 Å². The van der Waals surface area contributed by atoms with E-state index in [1.165, 1.54) is 6.07 Å². The summed E-state index contributed by atoms with van der Waals surface area (Å²) >= 11 is 0. The van der Waals surface area contributed by atoms with Gasteiger partial charge >= 0.3 is 6.18 Å². The fourth-order valence-electron chi connectivity index (χ4n) is 4.81. The molecule has 0 radical (unpaired) electrons. The predicted octanol–water partition coefficient (Wildman–Crippen LogP) is 8.44. The molecule has 8 heteroatoms. The van der Waals surface area contributed by atoms with Gasteiger partial charge in [-0.05, 0) is 98.5 Å². The molecule has 0 bridgehead atoms. The van der Waals surface area contributed by atoms with Crippen LogP contribution in [-0.4, -0.2) is 22.1 Å². The van der Waals surface area contributed by atoms with E-state index in [1.807, 2.05) is 18.2 Å². The highest BCUT2D eigenvalue weighted by molar-refractivity contribution is 6.09. The van der Waals surface area contributed by atoms with Crippen LogP contribution in [0.5, 0.6) is 5.75 Å². The van der Waals surface area contributed by atoms with E-state index in [0.29, 0.717) is 29.2 Å². The van der Waals surface area contributed by atoms with Crippen molar-refractivity contribution in [1.29, 1.82) is 0 Å². The maximum atomic E-state index is 13.4. The average Bonchev–Trinajstić information content (AvgIpc) is 3.33. The molecule has 0 spiro atoms. The van der Waals surface area contributed by atoms with E-state index in [9.17, 15) is 18.0 Å². The molecule has 5 nitrogen and oxygen atoms in total. The third-order valence-electron chi connectivity index (χ3n) is 6.93. The van der Waals surface area contributed by atoms with Crippen LogP contribution in [-0.2, 0) is 12.6 Å². The lowest BCUT2D eigenvalue weighted by molar-refractivity contribution is -0.137. The fraction of sp³-hybridized carbons (Fsp3) is 0.176. The van der Waals surface area contributed by atoms with E-state index in [0.717, 1.165) is 47.9 Å². The summed E-state index contributed by atoms with van der Waals surface area (Å²) in [7, 11) is 0. The second-order valence-corrected chi connectivity index (χ2v) is 9.99. The first-order chi connectivity index (χ1) is 20.2. The van der Waals surface area contributed by atoms with Crippen LogP contribution in [0, 0.1) is 13.8 Å². The summed E-state index contributed by atoms with van der Waals surface area (Å²) < 4.78 is 48.2. The monoisotopic (exact) mass is 569 g/mol. The van der Waals surface area contributed by atoms with E-state index >= 15 is 0 Å². The van der Waals surface area contributed by atoms with Gasteiger partial charge in [-0.25, -0.2) is 4.98 Å². The van der Waals surface area contributed by atoms with Crippen LogP contribution in [0.3, 0.4) is 0 Å². The number of rotatable bonds is 9. The number of halogens is 3. The highest BCUT2D eigenvalue weighted by Gasteiger charge is 2.32. The minimum Gasteiger partial charge on any atom is -0.494 e. The Hall–Kier alpha value is -4.85. The van der Waals surface area contributed by atoms with Gasteiger partial charge < -0.3 is 14.6 Å². The quantitative estimate of drug-likeness (QED) is 0.181. The van der Waals surface area contributed by atoms with Crippen LogP contribution < -0.4 is 10.1 Å². The Morgan fingerprint density at radius 2 is 1.57 bits per heavy atom. The summed E-state index contributed by atoms with van der Waals surface area (Å²) in [6.45, 7) is 4.59. The SMILES string of the molecule is Cc1ccc(C)n1-c1cccc(CCCOc2ccc(NC(=O)c3cc(C(F)(F)F)ccc3-c3ccccc3)cc2)n1. The molecule has 0 saturated heterocycles. The van der Waals surface area contributed by atoms with Crippen molar-refractivity contribution in [3.05, 3.63) is 131 Å². The Morgan fingerprint density at radius 3 is 2.26 bits per heavy atom. The second-order valence-electron chi connectivity index (χ2n) is 9.99. The van der Waals surface area contributed by atoms with Crippen molar-refractivity contribution in [3.63, 3.8) is 0 Å². The Labute approximate surface area is 242 Å². The van der Waals surface area contributed by atoms with Crippen molar-refractivity contribution in [1.82, 2.24) is 9.55 Å². The van der Waals surface area contributed by atoms with Crippen LogP contribution in [0.15, 0.2) is 103 Å². The number of ether oxygens (including phenoxy) is 1. The number of aromatic nitrogens is 2. The first-order valence-electron chi connectivity index (χ1n) is 13.6. The maximum Gasteiger partial charge on any atom is 0.416 e. The molecule has 214 valence electrons. The molecule has 1 amide bonds. The molecule has 0 unspecified atom stereocenters. The van der Waals surface area contributed by atoms with Crippen LogP contribution >= 0.6 is 0 Å². The normalized spacial score (nSPS) is 11.4. The van der Waals surface area contributed by atoms with Gasteiger partial charge in [0.05, 0.1) is 12.2 Å². The van der Waals surface area contributed by atoms with Crippen molar-refractivity contribution >= 4 is 11.6 Å². The summed E-state index contributed by atoms with van der Waals surface area (Å²) in [5.41, 5.74) is 3.81. The molecule has 1 N–H and O–H groups in total. The molecule has 3 aromatic carbocycles. The predicted molar refractivity (Wildman–Crippen MR) is 158 cm³/mol. The Morgan fingerprint density at radius 1 is 0.857 bits per heavy atom. The van der Waals surface area contributed by atoms with Gasteiger partial charge in [-0.3, -0.25) is 4.79 Å². The first-order valence-corrected chi connectivity index (χ1v) is 13.6. The molecule has 2 heterocycles. The Bertz CT molecular complexity index is 1660. The summed E-state index contributed by atoms with van der Waals surface area (Å²) in [6.07, 6.45) is -3.05.